The van der Waals surface area contributed by atoms with Crippen molar-refractivity contribution in [3.63, 3.8) is 0 Å². The van der Waals surface area contributed by atoms with Crippen molar-refractivity contribution >= 4 is 5.97 Å². The first-order valence-electron chi connectivity index (χ1n) is 5.86. The second-order valence-corrected chi connectivity index (χ2v) is 4.71. The maximum absolute atomic E-state index is 11.9. The Hall–Kier alpha value is -1.78. The minimum absolute atomic E-state index is 0.0406. The molecule has 0 aliphatic heterocycles. The average Bonchev–Trinajstić information content (AvgIpc) is 2.25. The molecular weight excluding hydrogens is 234 g/mol. The fourth-order valence-corrected chi connectivity index (χ4v) is 1.97. The molecule has 5 nitrogen and oxygen atoms in total. The van der Waals surface area contributed by atoms with Crippen LogP contribution in [0.3, 0.4) is 0 Å². The van der Waals surface area contributed by atoms with Gasteiger partial charge < -0.3 is 14.8 Å². The third-order valence-corrected chi connectivity index (χ3v) is 2.97. The molecule has 0 saturated heterocycles. The van der Waals surface area contributed by atoms with Crippen molar-refractivity contribution in [3.05, 3.63) is 27.7 Å². The van der Waals surface area contributed by atoms with E-state index in [9.17, 15) is 14.7 Å². The molecule has 2 N–H and O–H groups in total. The Morgan fingerprint density at radius 3 is 2.56 bits per heavy atom. The molecule has 0 radical (unpaired) electrons. The summed E-state index contributed by atoms with van der Waals surface area (Å²) < 4.78 is 4.62. The van der Waals surface area contributed by atoms with E-state index in [1.807, 2.05) is 13.8 Å². The first-order valence-corrected chi connectivity index (χ1v) is 5.86. The van der Waals surface area contributed by atoms with Crippen LogP contribution in [0.5, 0.6) is 5.75 Å². The monoisotopic (exact) mass is 253 g/mol. The SMILES string of the molecule is COC(=O)C[C@@H](c1c(O)cc(C)[nH]c1=O)C(C)C. The van der Waals surface area contributed by atoms with E-state index in [-0.39, 0.29) is 35.1 Å². The van der Waals surface area contributed by atoms with Crippen LogP contribution in [0, 0.1) is 12.8 Å². The molecule has 1 rings (SSSR count). The summed E-state index contributed by atoms with van der Waals surface area (Å²) in [5.41, 5.74) is 0.484. The van der Waals surface area contributed by atoms with Crippen LogP contribution in [0.1, 0.15) is 37.4 Å². The lowest BCUT2D eigenvalue weighted by Crippen LogP contribution is -2.23. The standard InChI is InChI=1S/C13H19NO4/c1-7(2)9(6-11(16)18-4)12-10(15)5-8(3)14-13(12)17/h5,7,9H,6H2,1-4H3,(H2,14,15,17)/t9-/m1/s1. The van der Waals surface area contributed by atoms with Crippen molar-refractivity contribution in [2.75, 3.05) is 7.11 Å². The van der Waals surface area contributed by atoms with Gasteiger partial charge in [-0.1, -0.05) is 13.8 Å². The number of pyridine rings is 1. The van der Waals surface area contributed by atoms with Crippen LogP contribution in [0.2, 0.25) is 0 Å². The molecule has 0 aliphatic carbocycles. The summed E-state index contributed by atoms with van der Waals surface area (Å²) in [7, 11) is 1.30. The lowest BCUT2D eigenvalue weighted by Gasteiger charge is -2.20. The largest absolute Gasteiger partial charge is 0.507 e. The average molecular weight is 253 g/mol. The van der Waals surface area contributed by atoms with E-state index in [0.717, 1.165) is 0 Å². The third-order valence-electron chi connectivity index (χ3n) is 2.97. The number of rotatable bonds is 4. The molecule has 0 fully saturated rings. The second-order valence-electron chi connectivity index (χ2n) is 4.71. The number of hydrogen-bond donors (Lipinski definition) is 2. The molecule has 100 valence electrons. The molecule has 0 aromatic carbocycles. The fourth-order valence-electron chi connectivity index (χ4n) is 1.97. The van der Waals surface area contributed by atoms with E-state index in [0.29, 0.717) is 5.69 Å². The second kappa shape index (κ2) is 5.71. The van der Waals surface area contributed by atoms with Crippen LogP contribution in [-0.4, -0.2) is 23.2 Å². The van der Waals surface area contributed by atoms with Gasteiger partial charge in [0.05, 0.1) is 19.1 Å². The van der Waals surface area contributed by atoms with Crippen molar-refractivity contribution in [1.29, 1.82) is 0 Å². The van der Waals surface area contributed by atoms with Gasteiger partial charge in [-0.05, 0) is 18.9 Å². The van der Waals surface area contributed by atoms with Crippen LogP contribution < -0.4 is 5.56 Å². The summed E-state index contributed by atoms with van der Waals surface area (Å²) in [4.78, 5) is 25.9. The number of aryl methyl sites for hydroxylation is 1. The van der Waals surface area contributed by atoms with E-state index >= 15 is 0 Å². The van der Waals surface area contributed by atoms with E-state index in [4.69, 9.17) is 0 Å². The summed E-state index contributed by atoms with van der Waals surface area (Å²) in [5, 5.41) is 9.90. The molecule has 5 heteroatoms. The molecular formula is C13H19NO4. The molecule has 1 aromatic heterocycles. The van der Waals surface area contributed by atoms with E-state index < -0.39 is 5.97 Å². The van der Waals surface area contributed by atoms with Gasteiger partial charge in [0, 0.05) is 11.6 Å². The number of H-pyrrole nitrogens is 1. The summed E-state index contributed by atoms with van der Waals surface area (Å²) in [6, 6.07) is 1.49. The minimum atomic E-state index is -0.395. The zero-order chi connectivity index (χ0) is 13.9. The normalized spacial score (nSPS) is 12.5. The summed E-state index contributed by atoms with van der Waals surface area (Å²) >= 11 is 0. The molecule has 0 saturated carbocycles. The molecule has 18 heavy (non-hydrogen) atoms. The maximum Gasteiger partial charge on any atom is 0.306 e. The molecule has 0 unspecified atom stereocenters. The number of aromatic nitrogens is 1. The molecule has 1 atom stereocenters. The predicted molar refractivity (Wildman–Crippen MR) is 67.7 cm³/mol. The highest BCUT2D eigenvalue weighted by molar-refractivity contribution is 5.70. The maximum atomic E-state index is 11.9. The first-order chi connectivity index (χ1) is 8.36. The van der Waals surface area contributed by atoms with Crippen LogP contribution in [0.25, 0.3) is 0 Å². The Balaban J connectivity index is 3.22. The third kappa shape index (κ3) is 3.12. The number of ether oxygens (including phenoxy) is 1. The molecule has 0 bridgehead atoms. The van der Waals surface area contributed by atoms with Crippen molar-refractivity contribution in [2.24, 2.45) is 5.92 Å². The predicted octanol–water partition coefficient (Wildman–Crippen LogP) is 1.69. The number of hydrogen-bond acceptors (Lipinski definition) is 4. The lowest BCUT2D eigenvalue weighted by atomic mass is 9.86. The zero-order valence-corrected chi connectivity index (χ0v) is 11.1. The highest BCUT2D eigenvalue weighted by Crippen LogP contribution is 2.31. The first kappa shape index (κ1) is 14.3. The Kier molecular flexibility index (Phi) is 4.53. The minimum Gasteiger partial charge on any atom is -0.507 e. The van der Waals surface area contributed by atoms with Crippen LogP contribution >= 0.6 is 0 Å². The van der Waals surface area contributed by atoms with E-state index in [1.54, 1.807) is 6.92 Å². The Labute approximate surface area is 106 Å². The highest BCUT2D eigenvalue weighted by atomic mass is 16.5. The number of aromatic amines is 1. The molecule has 1 heterocycles. The number of esters is 1. The van der Waals surface area contributed by atoms with Crippen LogP contribution in [-0.2, 0) is 9.53 Å². The van der Waals surface area contributed by atoms with Gasteiger partial charge in [-0.3, -0.25) is 9.59 Å². The van der Waals surface area contributed by atoms with Gasteiger partial charge in [0.15, 0.2) is 0 Å². The van der Waals surface area contributed by atoms with Gasteiger partial charge in [-0.15, -0.1) is 0 Å². The molecule has 0 amide bonds. The van der Waals surface area contributed by atoms with Gasteiger partial charge in [0.2, 0.25) is 0 Å². The number of methoxy groups -OCH3 is 1. The quantitative estimate of drug-likeness (QED) is 0.800. The number of aromatic hydroxyl groups is 1. The number of nitrogens with one attached hydrogen (secondary N) is 1. The van der Waals surface area contributed by atoms with E-state index in [1.165, 1.54) is 13.2 Å². The van der Waals surface area contributed by atoms with Gasteiger partial charge in [0.1, 0.15) is 5.75 Å². The van der Waals surface area contributed by atoms with Gasteiger partial charge in [-0.2, -0.15) is 0 Å². The topological polar surface area (TPSA) is 79.4 Å². The van der Waals surface area contributed by atoms with Gasteiger partial charge in [-0.25, -0.2) is 0 Å². The highest BCUT2D eigenvalue weighted by Gasteiger charge is 2.25. The van der Waals surface area contributed by atoms with Crippen LogP contribution in [0.4, 0.5) is 0 Å². The number of carbonyl (C=O) groups excluding carboxylic acids is 1. The lowest BCUT2D eigenvalue weighted by molar-refractivity contribution is -0.141. The van der Waals surface area contributed by atoms with Gasteiger partial charge in [0.25, 0.3) is 5.56 Å². The fraction of sp³-hybridized carbons (Fsp3) is 0.538. The summed E-state index contributed by atoms with van der Waals surface area (Å²) in [6.07, 6.45) is 0.0772. The van der Waals surface area contributed by atoms with Crippen molar-refractivity contribution in [1.82, 2.24) is 4.98 Å². The van der Waals surface area contributed by atoms with Gasteiger partial charge >= 0.3 is 5.97 Å². The Morgan fingerprint density at radius 2 is 2.11 bits per heavy atom. The van der Waals surface area contributed by atoms with Crippen molar-refractivity contribution in [2.45, 2.75) is 33.1 Å². The van der Waals surface area contributed by atoms with Crippen molar-refractivity contribution in [3.8, 4) is 5.75 Å². The summed E-state index contributed by atoms with van der Waals surface area (Å²) in [6.45, 7) is 5.48. The smallest absolute Gasteiger partial charge is 0.306 e. The molecule has 0 aliphatic rings. The Morgan fingerprint density at radius 1 is 1.50 bits per heavy atom. The summed E-state index contributed by atoms with van der Waals surface area (Å²) in [5.74, 6) is -0.785. The van der Waals surface area contributed by atoms with Crippen LogP contribution in [0.15, 0.2) is 10.9 Å². The van der Waals surface area contributed by atoms with Crippen molar-refractivity contribution < 1.29 is 14.6 Å². The number of carbonyl (C=O) groups is 1. The molecule has 1 aromatic rings. The molecule has 0 spiro atoms. The van der Waals surface area contributed by atoms with E-state index in [2.05, 4.69) is 9.72 Å². The Bertz CT molecular complexity index is 490. The zero-order valence-electron chi connectivity index (χ0n) is 11.1.